The number of hydrogen-bond donors (Lipinski definition) is 1. The Kier molecular flexibility index (Phi) is 5.91. The molecule has 1 aromatic heterocycles. The molecule has 0 aliphatic heterocycles. The first-order chi connectivity index (χ1) is 11.8. The van der Waals surface area contributed by atoms with Crippen LogP contribution >= 0.6 is 0 Å². The Morgan fingerprint density at radius 2 is 1.96 bits per heavy atom. The highest BCUT2D eigenvalue weighted by molar-refractivity contribution is 7.89. The van der Waals surface area contributed by atoms with E-state index in [1.165, 1.54) is 32.6 Å². The van der Waals surface area contributed by atoms with Gasteiger partial charge in [0.1, 0.15) is 17.0 Å². The van der Waals surface area contributed by atoms with Crippen LogP contribution in [-0.2, 0) is 16.4 Å². The maximum absolute atomic E-state index is 14.3. The monoisotopic (exact) mass is 368 g/mol. The van der Waals surface area contributed by atoms with Crippen LogP contribution in [0, 0.1) is 5.82 Å². The number of aromatic nitrogens is 2. The molecular formula is C16H21FN4O3S. The first kappa shape index (κ1) is 19.1. The highest BCUT2D eigenvalue weighted by atomic mass is 32.2. The molecule has 1 aromatic carbocycles. The zero-order valence-corrected chi connectivity index (χ0v) is 15.4. The fourth-order valence-corrected chi connectivity index (χ4v) is 3.19. The molecule has 7 nitrogen and oxygen atoms in total. The Morgan fingerprint density at radius 1 is 1.24 bits per heavy atom. The van der Waals surface area contributed by atoms with Gasteiger partial charge in [-0.2, -0.15) is 0 Å². The maximum Gasteiger partial charge on any atom is 0.246 e. The molecule has 2 aromatic rings. The lowest BCUT2D eigenvalue weighted by Gasteiger charge is -2.17. The third-order valence-electron chi connectivity index (χ3n) is 3.46. The third-order valence-corrected chi connectivity index (χ3v) is 5.30. The Hall–Kier alpha value is -2.26. The minimum atomic E-state index is -3.73. The zero-order chi connectivity index (χ0) is 18.6. The molecule has 0 spiro atoms. The zero-order valence-electron chi connectivity index (χ0n) is 14.6. The minimum absolute atomic E-state index is 0.00507. The summed E-state index contributed by atoms with van der Waals surface area (Å²) in [6.45, 7) is 3.87. The number of halogens is 1. The molecule has 0 unspecified atom stereocenters. The molecule has 0 saturated carbocycles. The molecule has 9 heteroatoms. The second kappa shape index (κ2) is 7.75. The molecular weight excluding hydrogens is 347 g/mol. The number of nitrogens with one attached hydrogen (secondary N) is 1. The lowest BCUT2D eigenvalue weighted by Crippen LogP contribution is -2.23. The molecule has 1 N–H and O–H groups in total. The summed E-state index contributed by atoms with van der Waals surface area (Å²) in [5, 5.41) is 2.80. The lowest BCUT2D eigenvalue weighted by molar-refractivity contribution is 0.330. The van der Waals surface area contributed by atoms with E-state index in [1.807, 2.05) is 0 Å². The first-order valence-corrected chi connectivity index (χ1v) is 9.21. The van der Waals surface area contributed by atoms with Gasteiger partial charge in [-0.25, -0.2) is 27.1 Å². The predicted molar refractivity (Wildman–Crippen MR) is 93.1 cm³/mol. The summed E-state index contributed by atoms with van der Waals surface area (Å²) < 4.78 is 45.8. The predicted octanol–water partition coefficient (Wildman–Crippen LogP) is 2.57. The van der Waals surface area contributed by atoms with Crippen LogP contribution < -0.4 is 10.1 Å². The molecule has 0 fully saturated rings. The average Bonchev–Trinajstić information content (AvgIpc) is 2.58. The van der Waals surface area contributed by atoms with Crippen LogP contribution in [-0.4, -0.2) is 43.4 Å². The van der Waals surface area contributed by atoms with Gasteiger partial charge < -0.3 is 10.1 Å². The Balaban J connectivity index is 2.47. The molecule has 0 radical (unpaired) electrons. The van der Waals surface area contributed by atoms with Crippen molar-refractivity contribution in [1.29, 1.82) is 0 Å². The number of sulfonamides is 1. The summed E-state index contributed by atoms with van der Waals surface area (Å²) in [5.74, 6) is -0.334. The average molecular weight is 368 g/mol. The number of nitrogens with zero attached hydrogens (tertiary/aromatic N) is 3. The normalized spacial score (nSPS) is 11.6. The van der Waals surface area contributed by atoms with E-state index in [2.05, 4.69) is 15.3 Å². The molecule has 1 heterocycles. The molecule has 0 aliphatic rings. The Morgan fingerprint density at radius 3 is 2.56 bits per heavy atom. The van der Waals surface area contributed by atoms with Gasteiger partial charge in [-0.1, -0.05) is 6.92 Å². The van der Waals surface area contributed by atoms with Crippen LogP contribution in [0.1, 0.15) is 19.5 Å². The van der Waals surface area contributed by atoms with Crippen LogP contribution in [0.25, 0.3) is 0 Å². The second-order valence-corrected chi connectivity index (χ2v) is 7.46. The lowest BCUT2D eigenvalue weighted by atomic mass is 10.2. The number of hydrogen-bond acceptors (Lipinski definition) is 6. The van der Waals surface area contributed by atoms with Gasteiger partial charge in [0.2, 0.25) is 10.0 Å². The summed E-state index contributed by atoms with van der Waals surface area (Å²) in [6, 6.07) is 4.53. The number of anilines is 2. The van der Waals surface area contributed by atoms with Crippen molar-refractivity contribution < 1.29 is 17.5 Å². The van der Waals surface area contributed by atoms with Crippen LogP contribution in [0.5, 0.6) is 5.75 Å². The van der Waals surface area contributed by atoms with Crippen molar-refractivity contribution in [3.8, 4) is 5.75 Å². The van der Waals surface area contributed by atoms with Gasteiger partial charge in [0, 0.05) is 19.8 Å². The van der Waals surface area contributed by atoms with E-state index < -0.39 is 15.8 Å². The van der Waals surface area contributed by atoms with Gasteiger partial charge in [0.15, 0.2) is 11.6 Å². The summed E-state index contributed by atoms with van der Waals surface area (Å²) in [4.78, 5) is 7.74. The minimum Gasteiger partial charge on any atom is -0.492 e. The van der Waals surface area contributed by atoms with Gasteiger partial charge in [0.05, 0.1) is 12.3 Å². The van der Waals surface area contributed by atoms with Gasteiger partial charge in [-0.15, -0.1) is 0 Å². The summed E-state index contributed by atoms with van der Waals surface area (Å²) in [6.07, 6.45) is 1.68. The van der Waals surface area contributed by atoms with Gasteiger partial charge >= 0.3 is 0 Å². The van der Waals surface area contributed by atoms with E-state index in [1.54, 1.807) is 19.9 Å². The summed E-state index contributed by atoms with van der Waals surface area (Å²) in [5.41, 5.74) is 0.660. The SMILES string of the molecule is CCOc1ccc(Nc2ncnc(CC)c2F)cc1S(=O)(=O)N(C)C. The molecule has 0 amide bonds. The van der Waals surface area contributed by atoms with Crippen molar-refractivity contribution in [1.82, 2.24) is 14.3 Å². The highest BCUT2D eigenvalue weighted by Crippen LogP contribution is 2.30. The molecule has 0 saturated heterocycles. The van der Waals surface area contributed by atoms with E-state index in [0.29, 0.717) is 18.7 Å². The summed E-state index contributed by atoms with van der Waals surface area (Å²) in [7, 11) is -0.859. The van der Waals surface area contributed by atoms with Crippen LogP contribution in [0.4, 0.5) is 15.9 Å². The number of rotatable bonds is 7. The molecule has 2 rings (SSSR count). The van der Waals surface area contributed by atoms with Crippen molar-refractivity contribution in [2.24, 2.45) is 0 Å². The van der Waals surface area contributed by atoms with Gasteiger partial charge in [-0.3, -0.25) is 0 Å². The number of aryl methyl sites for hydroxylation is 1. The van der Waals surface area contributed by atoms with Crippen molar-refractivity contribution in [2.75, 3.05) is 26.0 Å². The van der Waals surface area contributed by atoms with Gasteiger partial charge in [0.25, 0.3) is 0 Å². The van der Waals surface area contributed by atoms with Crippen molar-refractivity contribution in [3.05, 3.63) is 36.0 Å². The topological polar surface area (TPSA) is 84.4 Å². The molecule has 25 heavy (non-hydrogen) atoms. The third kappa shape index (κ3) is 4.05. The Labute approximate surface area is 146 Å². The Bertz CT molecular complexity index is 856. The van der Waals surface area contributed by atoms with Crippen molar-refractivity contribution in [3.63, 3.8) is 0 Å². The number of ether oxygens (including phenoxy) is 1. The van der Waals surface area contributed by atoms with Crippen LogP contribution in [0.3, 0.4) is 0 Å². The molecule has 136 valence electrons. The summed E-state index contributed by atoms with van der Waals surface area (Å²) >= 11 is 0. The molecule has 0 atom stereocenters. The quantitative estimate of drug-likeness (QED) is 0.809. The smallest absolute Gasteiger partial charge is 0.246 e. The second-order valence-electron chi connectivity index (χ2n) is 5.34. The molecule has 0 aliphatic carbocycles. The van der Waals surface area contributed by atoms with E-state index in [9.17, 15) is 12.8 Å². The van der Waals surface area contributed by atoms with Crippen molar-refractivity contribution in [2.45, 2.75) is 25.2 Å². The first-order valence-electron chi connectivity index (χ1n) is 7.77. The standard InChI is InChI=1S/C16H21FN4O3S/c1-5-12-15(17)16(19-10-18-12)20-11-7-8-13(24-6-2)14(9-11)25(22,23)21(3)4/h7-10H,5-6H2,1-4H3,(H,18,19,20). The van der Waals surface area contributed by atoms with E-state index >= 15 is 0 Å². The largest absolute Gasteiger partial charge is 0.492 e. The van der Waals surface area contributed by atoms with E-state index in [0.717, 1.165) is 4.31 Å². The fourth-order valence-electron chi connectivity index (χ4n) is 2.14. The van der Waals surface area contributed by atoms with E-state index in [-0.39, 0.29) is 22.2 Å². The fraction of sp³-hybridized carbons (Fsp3) is 0.375. The number of benzene rings is 1. The van der Waals surface area contributed by atoms with Gasteiger partial charge in [-0.05, 0) is 31.5 Å². The van der Waals surface area contributed by atoms with Crippen molar-refractivity contribution >= 4 is 21.5 Å². The molecule has 0 bridgehead atoms. The maximum atomic E-state index is 14.3. The van der Waals surface area contributed by atoms with Crippen LogP contribution in [0.15, 0.2) is 29.4 Å². The van der Waals surface area contributed by atoms with E-state index in [4.69, 9.17) is 4.74 Å². The van der Waals surface area contributed by atoms with Crippen LogP contribution in [0.2, 0.25) is 0 Å². The highest BCUT2D eigenvalue weighted by Gasteiger charge is 2.23.